The molecule has 2 heterocycles. The maximum absolute atomic E-state index is 13.9. The van der Waals surface area contributed by atoms with Gasteiger partial charge in [0.15, 0.2) is 0 Å². The summed E-state index contributed by atoms with van der Waals surface area (Å²) in [6, 6.07) is 16.8. The molecule has 1 aliphatic heterocycles. The summed E-state index contributed by atoms with van der Waals surface area (Å²) in [5, 5.41) is 4.93. The zero-order valence-corrected chi connectivity index (χ0v) is 24.0. The van der Waals surface area contributed by atoms with Gasteiger partial charge in [-0.3, -0.25) is 0 Å². The number of halogens is 1. The van der Waals surface area contributed by atoms with Crippen molar-refractivity contribution < 1.29 is 8.42 Å². The second-order valence-corrected chi connectivity index (χ2v) is 12.1. The van der Waals surface area contributed by atoms with Crippen LogP contribution in [-0.2, 0) is 16.6 Å². The lowest BCUT2D eigenvalue weighted by atomic mass is 10.1. The summed E-state index contributed by atoms with van der Waals surface area (Å²) < 4.78 is 32.2. The fourth-order valence-electron chi connectivity index (χ4n) is 4.66. The molecule has 0 N–H and O–H groups in total. The number of piperazine rings is 1. The largest absolute Gasteiger partial charge is 0.354 e. The number of nitrogens with zero attached hydrogens (tertiary/aromatic N) is 5. The highest BCUT2D eigenvalue weighted by atomic mass is 79.9. The van der Waals surface area contributed by atoms with Crippen LogP contribution in [0, 0.1) is 6.92 Å². The quantitative estimate of drug-likeness (QED) is 0.357. The first-order valence-electron chi connectivity index (χ1n) is 12.6. The molecule has 1 aromatic heterocycles. The molecule has 4 rings (SSSR count). The van der Waals surface area contributed by atoms with E-state index in [9.17, 15) is 8.42 Å². The molecule has 1 aliphatic rings. The van der Waals surface area contributed by atoms with Crippen molar-refractivity contribution in [1.82, 2.24) is 19.0 Å². The van der Waals surface area contributed by atoms with Crippen LogP contribution in [0.25, 0.3) is 5.69 Å². The van der Waals surface area contributed by atoms with E-state index in [-0.39, 0.29) is 12.6 Å². The Morgan fingerprint density at radius 2 is 1.64 bits per heavy atom. The van der Waals surface area contributed by atoms with Crippen LogP contribution < -0.4 is 4.90 Å². The number of rotatable bonds is 9. The van der Waals surface area contributed by atoms with Crippen LogP contribution in [0.5, 0.6) is 0 Å². The summed E-state index contributed by atoms with van der Waals surface area (Å²) >= 11 is 3.41. The molecular formula is C27H36BrN5O2S. The van der Waals surface area contributed by atoms with Gasteiger partial charge < -0.3 is 9.80 Å². The zero-order chi connectivity index (χ0) is 25.9. The standard InChI is InChI=1S/C27H36BrN5O2S/c1-5-21(3)32(36(34,35)25-14-12-23(28)13-15-25)20-26-22(4)29-33(24-10-8-7-9-11-24)27(26)31-18-16-30(6-2)17-19-31/h7-15,21H,5-6,16-20H2,1-4H3/t21-/m0/s1. The molecule has 0 unspecified atom stereocenters. The molecule has 2 aromatic carbocycles. The van der Waals surface area contributed by atoms with Gasteiger partial charge in [-0.2, -0.15) is 9.40 Å². The molecule has 9 heteroatoms. The van der Waals surface area contributed by atoms with Gasteiger partial charge >= 0.3 is 0 Å². The van der Waals surface area contributed by atoms with Crippen molar-refractivity contribution in [3.05, 3.63) is 70.3 Å². The molecule has 1 saturated heterocycles. The molecule has 194 valence electrons. The van der Waals surface area contributed by atoms with E-state index >= 15 is 0 Å². The highest BCUT2D eigenvalue weighted by Crippen LogP contribution is 2.32. The zero-order valence-electron chi connectivity index (χ0n) is 21.6. The number of para-hydroxylation sites is 1. The van der Waals surface area contributed by atoms with Crippen LogP contribution in [-0.4, -0.2) is 66.2 Å². The molecule has 0 aliphatic carbocycles. The second kappa shape index (κ2) is 11.5. The highest BCUT2D eigenvalue weighted by molar-refractivity contribution is 9.10. The second-order valence-electron chi connectivity index (χ2n) is 9.32. The summed E-state index contributed by atoms with van der Waals surface area (Å²) in [6.07, 6.45) is 0.714. The first kappa shape index (κ1) is 26.9. The minimum Gasteiger partial charge on any atom is -0.354 e. The number of aromatic nitrogens is 2. The molecular weight excluding hydrogens is 538 g/mol. The van der Waals surface area contributed by atoms with Crippen LogP contribution in [0.1, 0.15) is 38.4 Å². The Labute approximate surface area is 223 Å². The van der Waals surface area contributed by atoms with Crippen LogP contribution >= 0.6 is 15.9 Å². The van der Waals surface area contributed by atoms with E-state index in [1.54, 1.807) is 28.6 Å². The lowest BCUT2D eigenvalue weighted by Gasteiger charge is -2.36. The molecule has 36 heavy (non-hydrogen) atoms. The molecule has 0 spiro atoms. The number of benzene rings is 2. The fraction of sp³-hybridized carbons (Fsp3) is 0.444. The van der Waals surface area contributed by atoms with Crippen LogP contribution in [0.4, 0.5) is 5.82 Å². The average Bonchev–Trinajstić information content (AvgIpc) is 3.23. The number of hydrogen-bond donors (Lipinski definition) is 0. The van der Waals surface area contributed by atoms with E-state index in [0.717, 1.165) is 60.0 Å². The lowest BCUT2D eigenvalue weighted by molar-refractivity contribution is 0.269. The monoisotopic (exact) mass is 573 g/mol. The van der Waals surface area contributed by atoms with Crippen molar-refractivity contribution in [2.45, 2.75) is 51.6 Å². The molecule has 1 atom stereocenters. The van der Waals surface area contributed by atoms with Crippen molar-refractivity contribution in [1.29, 1.82) is 0 Å². The SMILES string of the molecule is CC[C@H](C)N(Cc1c(C)nn(-c2ccccc2)c1N1CCN(CC)CC1)S(=O)(=O)c1ccc(Br)cc1. The fourth-order valence-corrected chi connectivity index (χ4v) is 6.60. The predicted octanol–water partition coefficient (Wildman–Crippen LogP) is 5.07. The van der Waals surface area contributed by atoms with E-state index in [0.29, 0.717) is 11.3 Å². The average molecular weight is 575 g/mol. The van der Waals surface area contributed by atoms with Gasteiger partial charge in [0, 0.05) is 48.8 Å². The van der Waals surface area contributed by atoms with Gasteiger partial charge in [0.2, 0.25) is 10.0 Å². The van der Waals surface area contributed by atoms with Gasteiger partial charge in [-0.05, 0) is 63.2 Å². The molecule has 0 radical (unpaired) electrons. The lowest BCUT2D eigenvalue weighted by Crippen LogP contribution is -2.47. The van der Waals surface area contributed by atoms with Crippen LogP contribution in [0.15, 0.2) is 64.0 Å². The van der Waals surface area contributed by atoms with E-state index in [4.69, 9.17) is 5.10 Å². The van der Waals surface area contributed by atoms with Crippen molar-refractivity contribution in [3.63, 3.8) is 0 Å². The predicted molar refractivity (Wildman–Crippen MR) is 149 cm³/mol. The Hall–Kier alpha value is -2.20. The Kier molecular flexibility index (Phi) is 8.55. The van der Waals surface area contributed by atoms with Crippen molar-refractivity contribution in [2.75, 3.05) is 37.6 Å². The first-order chi connectivity index (χ1) is 17.3. The van der Waals surface area contributed by atoms with Gasteiger partial charge in [0.05, 0.1) is 16.3 Å². The van der Waals surface area contributed by atoms with Gasteiger partial charge in [0.25, 0.3) is 0 Å². The smallest absolute Gasteiger partial charge is 0.243 e. The third-order valence-electron chi connectivity index (χ3n) is 7.09. The first-order valence-corrected chi connectivity index (χ1v) is 14.9. The minimum absolute atomic E-state index is 0.164. The maximum atomic E-state index is 13.9. The summed E-state index contributed by atoms with van der Waals surface area (Å²) in [6.45, 7) is 13.2. The number of hydrogen-bond acceptors (Lipinski definition) is 5. The molecule has 0 amide bonds. The number of anilines is 1. The Balaban J connectivity index is 1.79. The molecule has 3 aromatic rings. The Morgan fingerprint density at radius 3 is 2.22 bits per heavy atom. The van der Waals surface area contributed by atoms with E-state index in [2.05, 4.69) is 32.7 Å². The highest BCUT2D eigenvalue weighted by Gasteiger charge is 2.33. The number of sulfonamides is 1. The summed E-state index contributed by atoms with van der Waals surface area (Å²) in [4.78, 5) is 5.11. The Bertz CT molecular complexity index is 1250. The van der Waals surface area contributed by atoms with Crippen LogP contribution in [0.3, 0.4) is 0 Å². The van der Waals surface area contributed by atoms with Crippen molar-refractivity contribution in [2.24, 2.45) is 0 Å². The van der Waals surface area contributed by atoms with Gasteiger partial charge in [-0.15, -0.1) is 0 Å². The molecule has 7 nitrogen and oxygen atoms in total. The maximum Gasteiger partial charge on any atom is 0.243 e. The van der Waals surface area contributed by atoms with Gasteiger partial charge in [-0.25, -0.2) is 13.1 Å². The molecule has 1 fully saturated rings. The van der Waals surface area contributed by atoms with Crippen molar-refractivity contribution >= 4 is 31.8 Å². The molecule has 0 bridgehead atoms. The van der Waals surface area contributed by atoms with E-state index < -0.39 is 10.0 Å². The third-order valence-corrected chi connectivity index (χ3v) is 9.60. The Morgan fingerprint density at radius 1 is 1.00 bits per heavy atom. The van der Waals surface area contributed by atoms with E-state index in [1.165, 1.54) is 0 Å². The normalized spacial score (nSPS) is 16.0. The van der Waals surface area contributed by atoms with Gasteiger partial charge in [-0.1, -0.05) is 48.0 Å². The number of likely N-dealkylation sites (N-methyl/N-ethyl adjacent to an activating group) is 1. The number of aryl methyl sites for hydroxylation is 1. The third kappa shape index (κ3) is 5.54. The molecule has 0 saturated carbocycles. The topological polar surface area (TPSA) is 61.7 Å². The summed E-state index contributed by atoms with van der Waals surface area (Å²) in [7, 11) is -3.71. The van der Waals surface area contributed by atoms with Crippen molar-refractivity contribution in [3.8, 4) is 5.69 Å². The summed E-state index contributed by atoms with van der Waals surface area (Å²) in [5.74, 6) is 0.994. The minimum atomic E-state index is -3.71. The van der Waals surface area contributed by atoms with Crippen LogP contribution in [0.2, 0.25) is 0 Å². The summed E-state index contributed by atoms with van der Waals surface area (Å²) in [5.41, 5.74) is 2.79. The van der Waals surface area contributed by atoms with E-state index in [1.807, 2.05) is 55.8 Å². The van der Waals surface area contributed by atoms with Gasteiger partial charge in [0.1, 0.15) is 5.82 Å².